The van der Waals surface area contributed by atoms with Gasteiger partial charge < -0.3 is 0 Å². The Labute approximate surface area is 108 Å². The van der Waals surface area contributed by atoms with Crippen LogP contribution in [0, 0.1) is 0 Å². The van der Waals surface area contributed by atoms with Crippen LogP contribution in [-0.2, 0) is 9.59 Å². The number of rotatable bonds is 3. The summed E-state index contributed by atoms with van der Waals surface area (Å²) < 4.78 is -0.617. The normalized spacial score (nSPS) is 8.80. The van der Waals surface area contributed by atoms with Crippen LogP contribution in [0.4, 0.5) is 0 Å². The SMILES string of the molecule is CC(=O)CC(=O)C(S)S.[SrH2]. The predicted molar refractivity (Wildman–Crippen MR) is 50.6 cm³/mol. The van der Waals surface area contributed by atoms with Gasteiger partial charge in [-0.3, -0.25) is 9.59 Å². The van der Waals surface area contributed by atoms with Crippen LogP contribution < -0.4 is 0 Å². The van der Waals surface area contributed by atoms with Gasteiger partial charge in [0.1, 0.15) is 10.4 Å². The molecule has 0 amide bonds. The summed E-state index contributed by atoms with van der Waals surface area (Å²) in [6, 6.07) is 0. The van der Waals surface area contributed by atoms with Crippen molar-refractivity contribution in [3.63, 3.8) is 0 Å². The van der Waals surface area contributed by atoms with E-state index in [4.69, 9.17) is 0 Å². The molecule has 0 aromatic carbocycles. The number of carbonyl (C=O) groups is 2. The van der Waals surface area contributed by atoms with Crippen molar-refractivity contribution in [1.82, 2.24) is 0 Å². The monoisotopic (exact) mass is 254 g/mol. The molecule has 0 saturated heterocycles. The van der Waals surface area contributed by atoms with Gasteiger partial charge in [0.2, 0.25) is 0 Å². The fourth-order valence-electron chi connectivity index (χ4n) is 0.337. The van der Waals surface area contributed by atoms with Crippen LogP contribution in [0.15, 0.2) is 0 Å². The average molecular weight is 254 g/mol. The fourth-order valence-corrected chi connectivity index (χ4v) is 0.519. The van der Waals surface area contributed by atoms with E-state index in [1.807, 2.05) is 0 Å². The van der Waals surface area contributed by atoms with E-state index in [0.717, 1.165) is 0 Å². The Kier molecular flexibility index (Phi) is 10.1. The zero-order valence-corrected chi connectivity index (χ0v) is 6.78. The molecule has 0 atom stereocenters. The second kappa shape index (κ2) is 7.18. The minimum atomic E-state index is -0.617. The van der Waals surface area contributed by atoms with Crippen molar-refractivity contribution in [3.05, 3.63) is 0 Å². The first-order chi connectivity index (χ1) is 4.04. The van der Waals surface area contributed by atoms with E-state index in [0.29, 0.717) is 0 Å². The van der Waals surface area contributed by atoms with E-state index in [1.54, 1.807) is 0 Å². The standard InChI is InChI=1S/C5H8O2S2.Sr.2H/c1-3(6)2-4(7)5(8)9;;;/h5,8-9H,2H2,1H3;;;. The van der Waals surface area contributed by atoms with Crippen molar-refractivity contribution < 1.29 is 9.59 Å². The van der Waals surface area contributed by atoms with Gasteiger partial charge in [0.15, 0.2) is 5.78 Å². The van der Waals surface area contributed by atoms with E-state index in [1.165, 1.54) is 6.92 Å². The molecule has 0 aliphatic heterocycles. The van der Waals surface area contributed by atoms with Crippen LogP contribution >= 0.6 is 25.3 Å². The fraction of sp³-hybridized carbons (Fsp3) is 0.600. The third-order valence-electron chi connectivity index (χ3n) is 0.711. The molecular weight excluding hydrogens is 244 g/mol. The molecule has 0 radical (unpaired) electrons. The molecule has 0 spiro atoms. The van der Waals surface area contributed by atoms with E-state index in [-0.39, 0.29) is 63.5 Å². The molecule has 10 heavy (non-hydrogen) atoms. The number of hydrogen-bond donors (Lipinski definition) is 2. The predicted octanol–water partition coefficient (Wildman–Crippen LogP) is -0.196. The maximum atomic E-state index is 10.6. The van der Waals surface area contributed by atoms with Crippen molar-refractivity contribution in [2.24, 2.45) is 0 Å². The molecule has 0 bridgehead atoms. The molecule has 0 heterocycles. The molecule has 0 aliphatic rings. The number of ketones is 2. The summed E-state index contributed by atoms with van der Waals surface area (Å²) in [6.07, 6.45) is -0.0579. The van der Waals surface area contributed by atoms with Gasteiger partial charge in [0.05, 0.1) is 6.42 Å². The van der Waals surface area contributed by atoms with Gasteiger partial charge in [0, 0.05) is 0 Å². The zero-order chi connectivity index (χ0) is 7.44. The molecule has 0 aliphatic carbocycles. The third-order valence-corrected chi connectivity index (χ3v) is 1.29. The second-order valence-corrected chi connectivity index (χ2v) is 3.16. The second-order valence-electron chi connectivity index (χ2n) is 1.72. The van der Waals surface area contributed by atoms with Crippen LogP contribution in [0.5, 0.6) is 0 Å². The quantitative estimate of drug-likeness (QED) is 0.316. The Morgan fingerprint density at radius 3 is 1.90 bits per heavy atom. The summed E-state index contributed by atoms with van der Waals surface area (Å²) in [4.78, 5) is 20.8. The number of Topliss-reactive ketones (excluding diaryl/α,β-unsaturated/α-hetero) is 2. The summed E-state index contributed by atoms with van der Waals surface area (Å²) in [5.74, 6) is -0.387. The molecule has 56 valence electrons. The van der Waals surface area contributed by atoms with Gasteiger partial charge in [-0.25, -0.2) is 0 Å². The molecule has 0 saturated carbocycles. The first-order valence-electron chi connectivity index (χ1n) is 2.42. The Morgan fingerprint density at radius 1 is 1.40 bits per heavy atom. The Hall–Kier alpha value is 1.52. The first-order valence-corrected chi connectivity index (χ1v) is 3.45. The third kappa shape index (κ3) is 7.63. The summed E-state index contributed by atoms with van der Waals surface area (Å²) in [5, 5.41) is 0. The van der Waals surface area contributed by atoms with Gasteiger partial charge in [-0.15, -0.1) is 0 Å². The molecular formula is C5H10O2S2Sr. The molecule has 0 rings (SSSR count). The Bertz CT molecular complexity index is 136. The summed E-state index contributed by atoms with van der Waals surface area (Å²) in [7, 11) is 0. The molecule has 5 heteroatoms. The van der Waals surface area contributed by atoms with E-state index in [9.17, 15) is 9.59 Å². The van der Waals surface area contributed by atoms with Gasteiger partial charge in [-0.05, 0) is 6.92 Å². The Balaban J connectivity index is 0. The van der Waals surface area contributed by atoms with Crippen molar-refractivity contribution in [2.45, 2.75) is 17.9 Å². The van der Waals surface area contributed by atoms with Crippen molar-refractivity contribution in [2.75, 3.05) is 0 Å². The summed E-state index contributed by atoms with van der Waals surface area (Å²) in [6.45, 7) is 1.36. The molecule has 0 unspecified atom stereocenters. The summed E-state index contributed by atoms with van der Waals surface area (Å²) in [5.41, 5.74) is 0. The average Bonchev–Trinajstić information content (AvgIpc) is 1.63. The number of thiol groups is 2. The number of hydrogen-bond acceptors (Lipinski definition) is 4. The molecule has 0 aromatic rings. The van der Waals surface area contributed by atoms with Crippen molar-refractivity contribution in [3.8, 4) is 0 Å². The van der Waals surface area contributed by atoms with Crippen molar-refractivity contribution >= 4 is 82.3 Å². The van der Waals surface area contributed by atoms with E-state index in [2.05, 4.69) is 25.3 Å². The maximum absolute atomic E-state index is 10.6. The van der Waals surface area contributed by atoms with Crippen LogP contribution in [0.3, 0.4) is 0 Å². The minimum absolute atomic E-state index is 0. The first kappa shape index (κ1) is 14.1. The van der Waals surface area contributed by atoms with E-state index < -0.39 is 4.58 Å². The van der Waals surface area contributed by atoms with Gasteiger partial charge in [0.25, 0.3) is 0 Å². The molecule has 0 fully saturated rings. The van der Waals surface area contributed by atoms with Gasteiger partial charge in [-0.2, -0.15) is 25.3 Å². The van der Waals surface area contributed by atoms with Crippen LogP contribution in [0.2, 0.25) is 0 Å². The van der Waals surface area contributed by atoms with Crippen molar-refractivity contribution in [1.29, 1.82) is 0 Å². The van der Waals surface area contributed by atoms with Gasteiger partial charge >= 0.3 is 45.5 Å². The van der Waals surface area contributed by atoms with Gasteiger partial charge in [-0.1, -0.05) is 0 Å². The molecule has 0 aromatic heterocycles. The van der Waals surface area contributed by atoms with Crippen LogP contribution in [0.1, 0.15) is 13.3 Å². The summed E-state index contributed by atoms with van der Waals surface area (Å²) >= 11 is 7.46. The topological polar surface area (TPSA) is 34.1 Å². The van der Waals surface area contributed by atoms with E-state index >= 15 is 0 Å². The zero-order valence-electron chi connectivity index (χ0n) is 5.00. The number of carbonyl (C=O) groups excluding carboxylic acids is 2. The molecule has 2 nitrogen and oxygen atoms in total. The molecule has 0 N–H and O–H groups in total. The van der Waals surface area contributed by atoms with Crippen LogP contribution in [0.25, 0.3) is 0 Å². The van der Waals surface area contributed by atoms with Crippen LogP contribution in [-0.4, -0.2) is 61.6 Å². The Morgan fingerprint density at radius 2 is 1.80 bits per heavy atom.